The van der Waals surface area contributed by atoms with Gasteiger partial charge in [0.05, 0.1) is 26.2 Å². The molecule has 0 unspecified atom stereocenters. The highest BCUT2D eigenvalue weighted by molar-refractivity contribution is 5.75. The predicted molar refractivity (Wildman–Crippen MR) is 95.6 cm³/mol. The normalized spacial score (nSPS) is 24.5. The molecule has 0 bridgehead atoms. The first-order valence-electron chi connectivity index (χ1n) is 9.59. The highest BCUT2D eigenvalue weighted by atomic mass is 16.7. The van der Waals surface area contributed by atoms with E-state index < -0.39 is 5.60 Å². The second kappa shape index (κ2) is 9.55. The summed E-state index contributed by atoms with van der Waals surface area (Å²) in [5, 5.41) is 0. The van der Waals surface area contributed by atoms with Gasteiger partial charge in [-0.2, -0.15) is 0 Å². The Bertz CT molecular complexity index is 469. The average molecular weight is 371 g/mol. The van der Waals surface area contributed by atoms with Crippen molar-refractivity contribution in [1.29, 1.82) is 0 Å². The zero-order chi connectivity index (χ0) is 19.2. The van der Waals surface area contributed by atoms with Crippen LogP contribution in [0.4, 0.5) is 4.79 Å². The molecule has 2 saturated heterocycles. The quantitative estimate of drug-likeness (QED) is 0.528. The van der Waals surface area contributed by atoms with Crippen LogP contribution in [0.2, 0.25) is 0 Å². The molecule has 0 aromatic carbocycles. The zero-order valence-electron chi connectivity index (χ0n) is 16.5. The SMILES string of the molecule is COC(=O)[C@H]1CN(C(=O)OC(C)(C)C)CC[C@H]1CCCCC1OCCO1. The van der Waals surface area contributed by atoms with Crippen LogP contribution in [0.1, 0.15) is 52.9 Å². The molecule has 0 aromatic heterocycles. The Kier molecular flexibility index (Phi) is 7.70. The van der Waals surface area contributed by atoms with Crippen LogP contribution in [0.3, 0.4) is 0 Å². The summed E-state index contributed by atoms with van der Waals surface area (Å²) >= 11 is 0. The van der Waals surface area contributed by atoms with Gasteiger partial charge < -0.3 is 23.8 Å². The Morgan fingerprint density at radius 1 is 1.12 bits per heavy atom. The van der Waals surface area contributed by atoms with Crippen LogP contribution in [-0.4, -0.2) is 62.3 Å². The summed E-state index contributed by atoms with van der Waals surface area (Å²) in [5.41, 5.74) is -0.543. The summed E-state index contributed by atoms with van der Waals surface area (Å²) in [4.78, 5) is 26.2. The molecule has 0 aliphatic carbocycles. The number of amides is 1. The molecule has 2 aliphatic heterocycles. The van der Waals surface area contributed by atoms with Gasteiger partial charge in [-0.1, -0.05) is 6.42 Å². The molecule has 7 nitrogen and oxygen atoms in total. The molecule has 0 aromatic rings. The second-order valence-corrected chi connectivity index (χ2v) is 8.06. The van der Waals surface area contributed by atoms with E-state index >= 15 is 0 Å². The summed E-state index contributed by atoms with van der Waals surface area (Å²) in [5.74, 6) is -0.308. The minimum Gasteiger partial charge on any atom is -0.469 e. The first-order valence-corrected chi connectivity index (χ1v) is 9.59. The molecule has 2 rings (SSSR count). The Morgan fingerprint density at radius 2 is 1.77 bits per heavy atom. The van der Waals surface area contributed by atoms with Gasteiger partial charge in [-0.25, -0.2) is 4.79 Å². The summed E-state index contributed by atoms with van der Waals surface area (Å²) in [6, 6.07) is 0. The van der Waals surface area contributed by atoms with E-state index in [-0.39, 0.29) is 30.2 Å². The number of hydrogen-bond donors (Lipinski definition) is 0. The average Bonchev–Trinajstić information content (AvgIpc) is 3.10. The maximum atomic E-state index is 12.3. The largest absolute Gasteiger partial charge is 0.469 e. The number of nitrogens with zero attached hydrogens (tertiary/aromatic N) is 1. The standard InChI is InChI=1S/C19H33NO6/c1-19(2,3)26-18(22)20-10-9-14(15(13-20)17(21)23-4)7-5-6-8-16-24-11-12-25-16/h14-16H,5-13H2,1-4H3/t14-,15+/m1/s1. The van der Waals surface area contributed by atoms with Crippen LogP contribution in [-0.2, 0) is 23.7 Å². The minimum atomic E-state index is -0.543. The van der Waals surface area contributed by atoms with E-state index in [0.29, 0.717) is 26.3 Å². The smallest absolute Gasteiger partial charge is 0.410 e. The number of likely N-dealkylation sites (tertiary alicyclic amines) is 1. The van der Waals surface area contributed by atoms with Crippen LogP contribution >= 0.6 is 0 Å². The van der Waals surface area contributed by atoms with E-state index in [9.17, 15) is 9.59 Å². The highest BCUT2D eigenvalue weighted by Gasteiger charge is 2.37. The van der Waals surface area contributed by atoms with Crippen molar-refractivity contribution in [2.75, 3.05) is 33.4 Å². The van der Waals surface area contributed by atoms with Crippen LogP contribution < -0.4 is 0 Å². The fourth-order valence-electron chi connectivity index (χ4n) is 3.55. The number of rotatable bonds is 6. The Hall–Kier alpha value is -1.34. The van der Waals surface area contributed by atoms with Gasteiger partial charge in [-0.05, 0) is 52.4 Å². The third-order valence-electron chi connectivity index (χ3n) is 4.87. The molecule has 0 N–H and O–H groups in total. The fraction of sp³-hybridized carbons (Fsp3) is 0.895. The van der Waals surface area contributed by atoms with Gasteiger partial charge in [0.2, 0.25) is 0 Å². The van der Waals surface area contributed by atoms with Crippen molar-refractivity contribution in [2.45, 2.75) is 64.8 Å². The molecule has 2 heterocycles. The van der Waals surface area contributed by atoms with E-state index in [0.717, 1.165) is 32.1 Å². The lowest BCUT2D eigenvalue weighted by Crippen LogP contribution is -2.48. The van der Waals surface area contributed by atoms with Gasteiger partial charge in [0.1, 0.15) is 5.60 Å². The third kappa shape index (κ3) is 6.43. The van der Waals surface area contributed by atoms with Crippen molar-refractivity contribution < 1.29 is 28.5 Å². The molecule has 2 aliphatic rings. The van der Waals surface area contributed by atoms with Crippen molar-refractivity contribution in [3.8, 4) is 0 Å². The zero-order valence-corrected chi connectivity index (χ0v) is 16.5. The van der Waals surface area contributed by atoms with Crippen LogP contribution in [0, 0.1) is 11.8 Å². The first kappa shape index (κ1) is 21.0. The molecule has 2 fully saturated rings. The lowest BCUT2D eigenvalue weighted by atomic mass is 9.82. The molecular formula is C19H33NO6. The monoisotopic (exact) mass is 371 g/mol. The number of piperidine rings is 1. The molecular weight excluding hydrogens is 338 g/mol. The third-order valence-corrected chi connectivity index (χ3v) is 4.87. The molecule has 26 heavy (non-hydrogen) atoms. The summed E-state index contributed by atoms with van der Waals surface area (Å²) in [7, 11) is 1.40. The van der Waals surface area contributed by atoms with E-state index in [1.165, 1.54) is 7.11 Å². The second-order valence-electron chi connectivity index (χ2n) is 8.06. The van der Waals surface area contributed by atoms with Crippen molar-refractivity contribution in [3.05, 3.63) is 0 Å². The number of methoxy groups -OCH3 is 1. The van der Waals surface area contributed by atoms with Gasteiger partial charge >= 0.3 is 12.1 Å². The molecule has 2 atom stereocenters. The summed E-state index contributed by atoms with van der Waals surface area (Å²) < 4.78 is 21.3. The topological polar surface area (TPSA) is 74.3 Å². The number of ether oxygens (including phenoxy) is 4. The summed E-state index contributed by atoms with van der Waals surface area (Å²) in [6.07, 6.45) is 4.20. The number of unbranched alkanes of at least 4 members (excludes halogenated alkanes) is 1. The fourth-order valence-corrected chi connectivity index (χ4v) is 3.55. The van der Waals surface area contributed by atoms with E-state index in [2.05, 4.69) is 0 Å². The van der Waals surface area contributed by atoms with Crippen molar-refractivity contribution in [3.63, 3.8) is 0 Å². The van der Waals surface area contributed by atoms with Crippen molar-refractivity contribution in [2.24, 2.45) is 11.8 Å². The number of esters is 1. The van der Waals surface area contributed by atoms with Gasteiger partial charge in [0.15, 0.2) is 6.29 Å². The van der Waals surface area contributed by atoms with E-state index in [4.69, 9.17) is 18.9 Å². The Balaban J connectivity index is 1.82. The van der Waals surface area contributed by atoms with Crippen LogP contribution in [0.5, 0.6) is 0 Å². The molecule has 7 heteroatoms. The molecule has 0 saturated carbocycles. The maximum Gasteiger partial charge on any atom is 0.410 e. The van der Waals surface area contributed by atoms with Crippen LogP contribution in [0.25, 0.3) is 0 Å². The summed E-state index contributed by atoms with van der Waals surface area (Å²) in [6.45, 7) is 7.85. The molecule has 150 valence electrons. The Morgan fingerprint density at radius 3 is 2.38 bits per heavy atom. The highest BCUT2D eigenvalue weighted by Crippen LogP contribution is 2.30. The molecule has 1 amide bonds. The molecule has 0 spiro atoms. The van der Waals surface area contributed by atoms with E-state index in [1.54, 1.807) is 4.90 Å². The molecule has 0 radical (unpaired) electrons. The van der Waals surface area contributed by atoms with Gasteiger partial charge in [-0.3, -0.25) is 4.79 Å². The maximum absolute atomic E-state index is 12.3. The number of hydrogen-bond acceptors (Lipinski definition) is 6. The minimum absolute atomic E-state index is 0.0691. The van der Waals surface area contributed by atoms with E-state index in [1.807, 2.05) is 20.8 Å². The van der Waals surface area contributed by atoms with Crippen LogP contribution in [0.15, 0.2) is 0 Å². The first-order chi connectivity index (χ1) is 12.3. The lowest BCUT2D eigenvalue weighted by Gasteiger charge is -2.37. The lowest BCUT2D eigenvalue weighted by molar-refractivity contribution is -0.149. The Labute approximate surface area is 156 Å². The van der Waals surface area contributed by atoms with Gasteiger partial charge in [-0.15, -0.1) is 0 Å². The van der Waals surface area contributed by atoms with Gasteiger partial charge in [0, 0.05) is 13.1 Å². The van der Waals surface area contributed by atoms with Crippen molar-refractivity contribution in [1.82, 2.24) is 4.90 Å². The van der Waals surface area contributed by atoms with Gasteiger partial charge in [0.25, 0.3) is 0 Å². The number of carbonyl (C=O) groups is 2. The predicted octanol–water partition coefficient (Wildman–Crippen LogP) is 2.97. The van der Waals surface area contributed by atoms with Crippen molar-refractivity contribution >= 4 is 12.1 Å². The number of carbonyl (C=O) groups excluding carboxylic acids is 2.